The van der Waals surface area contributed by atoms with E-state index in [4.69, 9.17) is 20.8 Å². The molecule has 2 atom stereocenters. The zero-order valence-corrected chi connectivity index (χ0v) is 9.44. The number of nitrogens with zero attached hydrogens (tertiary/aromatic N) is 1. The molecule has 5 heteroatoms. The Morgan fingerprint density at radius 2 is 2.00 bits per heavy atom. The number of carbonyl (C=O) groups is 1. The minimum atomic E-state index is -0.0906. The van der Waals surface area contributed by atoms with Crippen molar-refractivity contribution in [2.45, 2.75) is 25.0 Å². The van der Waals surface area contributed by atoms with Gasteiger partial charge in [-0.3, -0.25) is 4.79 Å². The molecule has 2 saturated heterocycles. The zero-order chi connectivity index (χ0) is 11.1. The highest BCUT2D eigenvalue weighted by Gasteiger charge is 2.36. The van der Waals surface area contributed by atoms with Crippen molar-refractivity contribution in [2.24, 2.45) is 0 Å². The Labute approximate surface area is 98.1 Å². The molecule has 2 bridgehead atoms. The standard InChI is InChI=1S/C11H12ClNO3/c12-10-4-3-9(16-10)11(14)13-5-7-1-2-8(6-13)15-7/h3-4,7-8H,1-2,5-6H2. The van der Waals surface area contributed by atoms with Gasteiger partial charge in [-0.15, -0.1) is 0 Å². The molecule has 16 heavy (non-hydrogen) atoms. The van der Waals surface area contributed by atoms with Crippen LogP contribution in [-0.2, 0) is 4.74 Å². The van der Waals surface area contributed by atoms with Crippen LogP contribution in [0, 0.1) is 0 Å². The lowest BCUT2D eigenvalue weighted by molar-refractivity contribution is -0.0312. The van der Waals surface area contributed by atoms with Crippen molar-refractivity contribution in [3.8, 4) is 0 Å². The van der Waals surface area contributed by atoms with E-state index in [0.29, 0.717) is 18.8 Å². The molecule has 2 aliphatic rings. The molecule has 0 N–H and O–H groups in total. The van der Waals surface area contributed by atoms with Gasteiger partial charge in [-0.2, -0.15) is 0 Å². The highest BCUT2D eigenvalue weighted by atomic mass is 35.5. The molecule has 3 rings (SSSR count). The summed E-state index contributed by atoms with van der Waals surface area (Å²) in [7, 11) is 0. The monoisotopic (exact) mass is 241 g/mol. The number of likely N-dealkylation sites (tertiary alicyclic amines) is 1. The molecule has 0 aliphatic carbocycles. The fourth-order valence-electron chi connectivity index (χ4n) is 2.37. The number of hydrogen-bond donors (Lipinski definition) is 0. The van der Waals surface area contributed by atoms with E-state index in [-0.39, 0.29) is 23.3 Å². The maximum absolute atomic E-state index is 12.0. The Kier molecular flexibility index (Phi) is 2.41. The van der Waals surface area contributed by atoms with E-state index in [2.05, 4.69) is 0 Å². The Morgan fingerprint density at radius 1 is 1.31 bits per heavy atom. The first-order valence-corrected chi connectivity index (χ1v) is 5.80. The molecule has 86 valence electrons. The second-order valence-corrected chi connectivity index (χ2v) is 4.64. The number of ether oxygens (including phenoxy) is 1. The van der Waals surface area contributed by atoms with Crippen LogP contribution in [0.5, 0.6) is 0 Å². The molecule has 0 saturated carbocycles. The number of hydrogen-bond acceptors (Lipinski definition) is 3. The summed E-state index contributed by atoms with van der Waals surface area (Å²) in [6.45, 7) is 1.32. The Morgan fingerprint density at radius 3 is 2.56 bits per heavy atom. The summed E-state index contributed by atoms with van der Waals surface area (Å²) in [5.74, 6) is 0.221. The molecular weight excluding hydrogens is 230 g/mol. The molecule has 0 radical (unpaired) electrons. The zero-order valence-electron chi connectivity index (χ0n) is 8.69. The van der Waals surface area contributed by atoms with Gasteiger partial charge in [0.25, 0.3) is 5.91 Å². The molecule has 4 nitrogen and oxygen atoms in total. The summed E-state index contributed by atoms with van der Waals surface area (Å²) in [5, 5.41) is 0.250. The molecule has 0 spiro atoms. The lowest BCUT2D eigenvalue weighted by Crippen LogP contribution is -2.45. The van der Waals surface area contributed by atoms with Crippen LogP contribution >= 0.6 is 11.6 Å². The fourth-order valence-corrected chi connectivity index (χ4v) is 2.51. The number of carbonyl (C=O) groups excluding carboxylic acids is 1. The number of amides is 1. The van der Waals surface area contributed by atoms with Gasteiger partial charge in [0.05, 0.1) is 12.2 Å². The van der Waals surface area contributed by atoms with Gasteiger partial charge in [-0.05, 0) is 36.6 Å². The molecule has 2 aliphatic heterocycles. The number of halogens is 1. The highest BCUT2D eigenvalue weighted by Crippen LogP contribution is 2.27. The Balaban J connectivity index is 1.76. The third kappa shape index (κ3) is 1.72. The van der Waals surface area contributed by atoms with Crippen LogP contribution in [0.3, 0.4) is 0 Å². The van der Waals surface area contributed by atoms with E-state index in [0.717, 1.165) is 12.8 Å². The van der Waals surface area contributed by atoms with Crippen molar-refractivity contribution in [2.75, 3.05) is 13.1 Å². The van der Waals surface area contributed by atoms with Gasteiger partial charge < -0.3 is 14.1 Å². The third-order valence-electron chi connectivity index (χ3n) is 3.11. The largest absolute Gasteiger partial charge is 0.440 e. The van der Waals surface area contributed by atoms with E-state index in [1.165, 1.54) is 0 Å². The first-order valence-electron chi connectivity index (χ1n) is 5.42. The van der Waals surface area contributed by atoms with Crippen molar-refractivity contribution in [3.05, 3.63) is 23.1 Å². The van der Waals surface area contributed by atoms with E-state index >= 15 is 0 Å². The van der Waals surface area contributed by atoms with Crippen molar-refractivity contribution >= 4 is 17.5 Å². The number of rotatable bonds is 1. The van der Waals surface area contributed by atoms with Crippen molar-refractivity contribution in [1.29, 1.82) is 0 Å². The van der Waals surface area contributed by atoms with Gasteiger partial charge in [0.2, 0.25) is 0 Å². The van der Waals surface area contributed by atoms with Crippen molar-refractivity contribution in [1.82, 2.24) is 4.90 Å². The van der Waals surface area contributed by atoms with E-state index < -0.39 is 0 Å². The molecule has 1 amide bonds. The lowest BCUT2D eigenvalue weighted by atomic mass is 10.2. The Bertz CT molecular complexity index is 405. The second kappa shape index (κ2) is 3.79. The minimum absolute atomic E-state index is 0.0906. The lowest BCUT2D eigenvalue weighted by Gasteiger charge is -2.31. The van der Waals surface area contributed by atoms with Gasteiger partial charge in [0.15, 0.2) is 11.0 Å². The van der Waals surface area contributed by atoms with Gasteiger partial charge in [-0.1, -0.05) is 0 Å². The summed E-state index contributed by atoms with van der Waals surface area (Å²) in [6, 6.07) is 3.20. The summed E-state index contributed by atoms with van der Waals surface area (Å²) < 4.78 is 10.8. The topological polar surface area (TPSA) is 42.7 Å². The summed E-state index contributed by atoms with van der Waals surface area (Å²) >= 11 is 5.65. The number of furan rings is 1. The number of fused-ring (bicyclic) bond motifs is 2. The second-order valence-electron chi connectivity index (χ2n) is 4.27. The van der Waals surface area contributed by atoms with E-state index in [1.807, 2.05) is 0 Å². The van der Waals surface area contributed by atoms with Gasteiger partial charge in [-0.25, -0.2) is 0 Å². The van der Waals surface area contributed by atoms with Crippen LogP contribution in [0.4, 0.5) is 0 Å². The molecular formula is C11H12ClNO3. The average Bonchev–Trinajstić information content (AvgIpc) is 2.84. The maximum Gasteiger partial charge on any atom is 0.289 e. The fraction of sp³-hybridized carbons (Fsp3) is 0.545. The molecule has 0 aromatic carbocycles. The van der Waals surface area contributed by atoms with Crippen molar-refractivity contribution < 1.29 is 13.9 Å². The molecule has 1 aromatic heterocycles. The average molecular weight is 242 g/mol. The van der Waals surface area contributed by atoms with E-state index in [9.17, 15) is 4.79 Å². The SMILES string of the molecule is O=C(c1ccc(Cl)o1)N1CC2CCC(C1)O2. The predicted molar refractivity (Wildman–Crippen MR) is 57.5 cm³/mol. The Hall–Kier alpha value is -1.00. The third-order valence-corrected chi connectivity index (χ3v) is 3.32. The van der Waals surface area contributed by atoms with Gasteiger partial charge in [0.1, 0.15) is 0 Å². The molecule has 1 aromatic rings. The quantitative estimate of drug-likeness (QED) is 0.755. The van der Waals surface area contributed by atoms with Crippen LogP contribution in [0.1, 0.15) is 23.4 Å². The highest BCUT2D eigenvalue weighted by molar-refractivity contribution is 6.29. The predicted octanol–water partition coefficient (Wildman–Crippen LogP) is 1.94. The minimum Gasteiger partial charge on any atom is -0.440 e. The van der Waals surface area contributed by atoms with Crippen LogP contribution < -0.4 is 0 Å². The maximum atomic E-state index is 12.0. The molecule has 2 fully saturated rings. The normalized spacial score (nSPS) is 28.4. The van der Waals surface area contributed by atoms with Crippen LogP contribution in [0.25, 0.3) is 0 Å². The smallest absolute Gasteiger partial charge is 0.289 e. The van der Waals surface area contributed by atoms with Crippen LogP contribution in [0.15, 0.2) is 16.5 Å². The van der Waals surface area contributed by atoms with Crippen molar-refractivity contribution in [3.63, 3.8) is 0 Å². The van der Waals surface area contributed by atoms with Crippen LogP contribution in [0.2, 0.25) is 5.22 Å². The van der Waals surface area contributed by atoms with E-state index in [1.54, 1.807) is 17.0 Å². The summed E-state index contributed by atoms with van der Waals surface area (Å²) in [5.41, 5.74) is 0. The summed E-state index contributed by atoms with van der Waals surface area (Å²) in [4.78, 5) is 13.8. The van der Waals surface area contributed by atoms with Gasteiger partial charge in [0, 0.05) is 13.1 Å². The first kappa shape index (κ1) is 10.2. The van der Waals surface area contributed by atoms with Crippen LogP contribution in [-0.4, -0.2) is 36.1 Å². The molecule has 2 unspecified atom stereocenters. The number of morpholine rings is 1. The molecule has 3 heterocycles. The van der Waals surface area contributed by atoms with Gasteiger partial charge >= 0.3 is 0 Å². The first-order chi connectivity index (χ1) is 7.72. The summed E-state index contributed by atoms with van der Waals surface area (Å²) in [6.07, 6.45) is 2.50.